The molecule has 104 valence electrons. The molecule has 19 heavy (non-hydrogen) atoms. The van der Waals surface area contributed by atoms with Crippen LogP contribution in [0.5, 0.6) is 5.75 Å². The van der Waals surface area contributed by atoms with E-state index in [1.807, 2.05) is 19.1 Å². The van der Waals surface area contributed by atoms with Crippen LogP contribution in [0.1, 0.15) is 26.2 Å². The highest BCUT2D eigenvalue weighted by Gasteiger charge is 2.22. The molecule has 0 spiro atoms. The molecule has 1 aliphatic rings. The van der Waals surface area contributed by atoms with Gasteiger partial charge in [-0.05, 0) is 25.8 Å². The maximum absolute atomic E-state index is 11.5. The molecule has 0 heterocycles. The number of hydrogen-bond donors (Lipinski definition) is 3. The molecular formula is C14H21N3O2. The third kappa shape index (κ3) is 4.69. The van der Waals surface area contributed by atoms with Gasteiger partial charge in [-0.3, -0.25) is 4.79 Å². The molecule has 1 fully saturated rings. The second kappa shape index (κ2) is 6.31. The van der Waals surface area contributed by atoms with E-state index in [1.165, 1.54) is 0 Å². The van der Waals surface area contributed by atoms with Gasteiger partial charge in [0.1, 0.15) is 5.75 Å². The van der Waals surface area contributed by atoms with Crippen LogP contribution >= 0.6 is 0 Å². The normalized spacial score (nSPS) is 13.9. The number of nitrogens with two attached hydrogens (primary N) is 1. The van der Waals surface area contributed by atoms with Crippen LogP contribution in [0.15, 0.2) is 18.2 Å². The predicted octanol–water partition coefficient (Wildman–Crippen LogP) is 1.75. The molecule has 1 aromatic rings. The lowest BCUT2D eigenvalue weighted by Gasteiger charge is -2.10. The molecule has 1 amide bonds. The number of hydrogen-bond acceptors (Lipinski definition) is 4. The minimum atomic E-state index is 0.101. The molecule has 0 bridgehead atoms. The quantitative estimate of drug-likeness (QED) is 0.655. The monoisotopic (exact) mass is 263 g/mol. The Bertz CT molecular complexity index is 444. The Balaban J connectivity index is 1.79. The van der Waals surface area contributed by atoms with Gasteiger partial charge in [-0.1, -0.05) is 0 Å². The fourth-order valence-corrected chi connectivity index (χ4v) is 1.82. The van der Waals surface area contributed by atoms with Gasteiger partial charge in [0.25, 0.3) is 0 Å². The van der Waals surface area contributed by atoms with Crippen molar-refractivity contribution in [2.45, 2.75) is 32.2 Å². The van der Waals surface area contributed by atoms with Gasteiger partial charge in [0, 0.05) is 42.5 Å². The van der Waals surface area contributed by atoms with E-state index in [9.17, 15) is 4.79 Å². The van der Waals surface area contributed by atoms with Crippen LogP contribution in [-0.2, 0) is 4.79 Å². The standard InChI is InChI=1S/C14H21N3O2/c1-2-19-13-8-10(15)7-12(9-13)16-6-5-14(18)17-11-3-4-11/h7-9,11,16H,2-6,15H2,1H3,(H,17,18). The SMILES string of the molecule is CCOc1cc(N)cc(NCCC(=O)NC2CC2)c1. The number of rotatable bonds is 7. The summed E-state index contributed by atoms with van der Waals surface area (Å²) >= 11 is 0. The van der Waals surface area contributed by atoms with Crippen LogP contribution in [0.3, 0.4) is 0 Å². The summed E-state index contributed by atoms with van der Waals surface area (Å²) in [5.41, 5.74) is 7.32. The lowest BCUT2D eigenvalue weighted by atomic mass is 10.2. The van der Waals surface area contributed by atoms with Crippen molar-refractivity contribution in [1.29, 1.82) is 0 Å². The maximum Gasteiger partial charge on any atom is 0.221 e. The molecule has 5 nitrogen and oxygen atoms in total. The van der Waals surface area contributed by atoms with E-state index in [1.54, 1.807) is 6.07 Å². The number of carbonyl (C=O) groups excluding carboxylic acids is 1. The number of nitrogen functional groups attached to an aromatic ring is 1. The van der Waals surface area contributed by atoms with Gasteiger partial charge in [-0.2, -0.15) is 0 Å². The number of ether oxygens (including phenoxy) is 1. The summed E-state index contributed by atoms with van der Waals surface area (Å²) in [5.74, 6) is 0.844. The summed E-state index contributed by atoms with van der Waals surface area (Å²) in [6, 6.07) is 5.93. The molecule has 5 heteroatoms. The van der Waals surface area contributed by atoms with Gasteiger partial charge in [-0.25, -0.2) is 0 Å². The number of carbonyl (C=O) groups is 1. The first-order valence-corrected chi connectivity index (χ1v) is 6.74. The third-order valence-corrected chi connectivity index (χ3v) is 2.86. The molecule has 0 atom stereocenters. The van der Waals surface area contributed by atoms with Gasteiger partial charge in [0.05, 0.1) is 6.61 Å². The van der Waals surface area contributed by atoms with E-state index >= 15 is 0 Å². The van der Waals surface area contributed by atoms with Crippen LogP contribution in [0.4, 0.5) is 11.4 Å². The zero-order valence-electron chi connectivity index (χ0n) is 11.2. The molecule has 0 radical (unpaired) electrons. The van der Waals surface area contributed by atoms with Crippen LogP contribution in [0, 0.1) is 0 Å². The van der Waals surface area contributed by atoms with E-state index < -0.39 is 0 Å². The average Bonchev–Trinajstić information content (AvgIpc) is 3.12. The Kier molecular flexibility index (Phi) is 4.49. The summed E-state index contributed by atoms with van der Waals surface area (Å²) in [6.45, 7) is 3.12. The van der Waals surface area contributed by atoms with Crippen molar-refractivity contribution >= 4 is 17.3 Å². The summed E-state index contributed by atoms with van der Waals surface area (Å²) in [5, 5.41) is 6.14. The predicted molar refractivity (Wildman–Crippen MR) is 76.3 cm³/mol. The molecule has 4 N–H and O–H groups in total. The second-order valence-corrected chi connectivity index (χ2v) is 4.74. The number of anilines is 2. The van der Waals surface area contributed by atoms with Gasteiger partial charge < -0.3 is 21.1 Å². The number of nitrogens with one attached hydrogen (secondary N) is 2. The Hall–Kier alpha value is -1.91. The first-order chi connectivity index (χ1) is 9.17. The maximum atomic E-state index is 11.5. The highest BCUT2D eigenvalue weighted by molar-refractivity contribution is 5.77. The zero-order chi connectivity index (χ0) is 13.7. The number of amides is 1. The molecule has 0 saturated heterocycles. The first kappa shape index (κ1) is 13.5. The molecule has 0 aliphatic heterocycles. The van der Waals surface area contributed by atoms with E-state index in [-0.39, 0.29) is 5.91 Å². The fourth-order valence-electron chi connectivity index (χ4n) is 1.82. The lowest BCUT2D eigenvalue weighted by Crippen LogP contribution is -2.27. The Labute approximate surface area is 113 Å². The molecule has 1 aromatic carbocycles. The smallest absolute Gasteiger partial charge is 0.221 e. The van der Waals surface area contributed by atoms with Crippen molar-refractivity contribution in [3.8, 4) is 5.75 Å². The van der Waals surface area contributed by atoms with E-state index in [0.717, 1.165) is 24.3 Å². The van der Waals surface area contributed by atoms with Crippen molar-refractivity contribution in [3.05, 3.63) is 18.2 Å². The largest absolute Gasteiger partial charge is 0.494 e. The zero-order valence-corrected chi connectivity index (χ0v) is 11.2. The summed E-state index contributed by atoms with van der Waals surface area (Å²) in [6.07, 6.45) is 2.70. The molecule has 1 saturated carbocycles. The molecule has 2 rings (SSSR count). The van der Waals surface area contributed by atoms with Crippen molar-refractivity contribution in [3.63, 3.8) is 0 Å². The minimum Gasteiger partial charge on any atom is -0.494 e. The highest BCUT2D eigenvalue weighted by Crippen LogP contribution is 2.22. The molecule has 1 aliphatic carbocycles. The Morgan fingerprint density at radius 1 is 1.42 bits per heavy atom. The number of benzene rings is 1. The van der Waals surface area contributed by atoms with E-state index in [0.29, 0.717) is 31.3 Å². The molecule has 0 aromatic heterocycles. The summed E-state index contributed by atoms with van der Waals surface area (Å²) in [4.78, 5) is 11.5. The first-order valence-electron chi connectivity index (χ1n) is 6.74. The van der Waals surface area contributed by atoms with Crippen LogP contribution in [0.25, 0.3) is 0 Å². The average molecular weight is 263 g/mol. The Morgan fingerprint density at radius 3 is 2.89 bits per heavy atom. The van der Waals surface area contributed by atoms with Crippen molar-refractivity contribution in [2.24, 2.45) is 0 Å². The van der Waals surface area contributed by atoms with E-state index in [2.05, 4.69) is 10.6 Å². The third-order valence-electron chi connectivity index (χ3n) is 2.86. The molecule has 0 unspecified atom stereocenters. The lowest BCUT2D eigenvalue weighted by molar-refractivity contribution is -0.120. The van der Waals surface area contributed by atoms with Gasteiger partial charge in [0.15, 0.2) is 0 Å². The van der Waals surface area contributed by atoms with Crippen LogP contribution < -0.4 is 21.1 Å². The van der Waals surface area contributed by atoms with Gasteiger partial charge in [0.2, 0.25) is 5.91 Å². The van der Waals surface area contributed by atoms with Crippen molar-refractivity contribution in [2.75, 3.05) is 24.2 Å². The van der Waals surface area contributed by atoms with Crippen molar-refractivity contribution < 1.29 is 9.53 Å². The topological polar surface area (TPSA) is 76.4 Å². The summed E-state index contributed by atoms with van der Waals surface area (Å²) < 4.78 is 5.42. The fraction of sp³-hybridized carbons (Fsp3) is 0.500. The minimum absolute atomic E-state index is 0.101. The van der Waals surface area contributed by atoms with Crippen LogP contribution in [-0.4, -0.2) is 25.1 Å². The van der Waals surface area contributed by atoms with E-state index in [4.69, 9.17) is 10.5 Å². The van der Waals surface area contributed by atoms with Gasteiger partial charge >= 0.3 is 0 Å². The molecular weight excluding hydrogens is 242 g/mol. The Morgan fingerprint density at radius 2 is 2.21 bits per heavy atom. The second-order valence-electron chi connectivity index (χ2n) is 4.74. The van der Waals surface area contributed by atoms with Crippen LogP contribution in [0.2, 0.25) is 0 Å². The van der Waals surface area contributed by atoms with Crippen molar-refractivity contribution in [1.82, 2.24) is 5.32 Å². The summed E-state index contributed by atoms with van der Waals surface area (Å²) in [7, 11) is 0. The van der Waals surface area contributed by atoms with Gasteiger partial charge in [-0.15, -0.1) is 0 Å². The highest BCUT2D eigenvalue weighted by atomic mass is 16.5.